The third-order valence-electron chi connectivity index (χ3n) is 15.4. The average molecular weight is 1150 g/mol. The molecule has 12 atom stereocenters. The van der Waals surface area contributed by atoms with E-state index in [9.17, 15) is 48.3 Å². The van der Waals surface area contributed by atoms with Crippen LogP contribution in [0.4, 0.5) is 0 Å². The van der Waals surface area contributed by atoms with E-state index in [2.05, 4.69) is 21.3 Å². The quantitative estimate of drug-likeness (QED) is 0.165. The highest BCUT2D eigenvalue weighted by atomic mass is 16.3. The molecule has 1 heterocycles. The van der Waals surface area contributed by atoms with E-state index in [1.54, 1.807) is 67.5 Å². The van der Waals surface area contributed by atoms with Gasteiger partial charge in [-0.1, -0.05) is 102 Å². The maximum atomic E-state index is 15.1. The van der Waals surface area contributed by atoms with Gasteiger partial charge in [0.1, 0.15) is 54.4 Å². The van der Waals surface area contributed by atoms with Crippen molar-refractivity contribution in [2.75, 3.05) is 62.4 Å². The van der Waals surface area contributed by atoms with Gasteiger partial charge in [-0.3, -0.25) is 52.7 Å². The molecule has 23 heteroatoms. The number of aliphatic hydroxyl groups excluding tert-OH is 1. The molecule has 0 aliphatic carbocycles. The maximum absolute atomic E-state index is 15.1. The summed E-state index contributed by atoms with van der Waals surface area (Å²) in [6, 6.07) is -11.1. The van der Waals surface area contributed by atoms with E-state index in [1.807, 2.05) is 34.6 Å². The summed E-state index contributed by atoms with van der Waals surface area (Å²) >= 11 is 0. The Bertz CT molecular complexity index is 2220. The molecule has 11 amide bonds. The Labute approximate surface area is 483 Å². The van der Waals surface area contributed by atoms with Crippen molar-refractivity contribution in [2.45, 2.75) is 196 Å². The third-order valence-corrected chi connectivity index (χ3v) is 15.4. The van der Waals surface area contributed by atoms with Crippen LogP contribution in [-0.4, -0.2) is 227 Å². The number of nitrogens with one attached hydrogen (secondary N) is 4. The first-order valence-corrected chi connectivity index (χ1v) is 28.8. The summed E-state index contributed by atoms with van der Waals surface area (Å²) in [5.74, 6) is -9.96. The molecule has 1 rings (SSSR count). The summed E-state index contributed by atoms with van der Waals surface area (Å²) in [4.78, 5) is 166. The lowest BCUT2D eigenvalue weighted by molar-refractivity contribution is -0.157. The van der Waals surface area contributed by atoms with Crippen molar-refractivity contribution in [1.82, 2.24) is 55.6 Å². The fourth-order valence-corrected chi connectivity index (χ4v) is 10.1. The highest BCUT2D eigenvalue weighted by Gasteiger charge is 2.45. The van der Waals surface area contributed by atoms with Crippen molar-refractivity contribution < 1.29 is 57.8 Å². The number of rotatable bonds is 13. The average Bonchev–Trinajstić information content (AvgIpc) is 3.40. The van der Waals surface area contributed by atoms with Crippen LogP contribution in [0.3, 0.4) is 0 Å². The van der Waals surface area contributed by atoms with Gasteiger partial charge in [0.15, 0.2) is 0 Å². The van der Waals surface area contributed by atoms with Crippen LogP contribution >= 0.6 is 0 Å². The lowest BCUT2D eigenvalue weighted by Gasteiger charge is -2.41. The Kier molecular flexibility index (Phi) is 29.8. The number of carbonyl (C=O) groups excluding carboxylic acids is 11. The zero-order valence-corrected chi connectivity index (χ0v) is 52.9. The Morgan fingerprint density at radius 1 is 0.519 bits per heavy atom. The van der Waals surface area contributed by atoms with Crippen LogP contribution < -0.4 is 21.3 Å². The molecular weight excluding hydrogens is 1040 g/mol. The molecule has 0 aromatic carbocycles. The summed E-state index contributed by atoms with van der Waals surface area (Å²) < 4.78 is 0. The second-order valence-corrected chi connectivity index (χ2v) is 23.9. The summed E-state index contributed by atoms with van der Waals surface area (Å²) in [5, 5.41) is 22.7. The molecule has 2 unspecified atom stereocenters. The molecule has 0 aromatic heterocycles. The van der Waals surface area contributed by atoms with E-state index >= 15 is 9.59 Å². The van der Waals surface area contributed by atoms with Crippen LogP contribution in [-0.2, 0) is 52.7 Å². The largest absolute Gasteiger partial charge is 0.390 e. The first kappa shape index (κ1) is 72.9. The van der Waals surface area contributed by atoms with Gasteiger partial charge in [0.05, 0.1) is 19.2 Å². The SMILES string of the molecule is C/C=C/C[C@@H](C)[C@@H](O)[C@H]1C(=O)N[C@@H](CC)C(=O)N(C)CC(=O)N(C)C(C(C)CC)C(=O)N[C@@H](C(C)C)C(=O)N(C)CC(=O)N[C@@H](C)C(=O)N[C@H](C)C(=O)N(C)[C@@H](CC(C)C)C(=O)N(C)[C@H](CC(C)C)C(=O)N(C)[C@@H](C(C)C)C(=O)N1C. The first-order chi connectivity index (χ1) is 37.4. The Morgan fingerprint density at radius 2 is 1.00 bits per heavy atom. The van der Waals surface area contributed by atoms with Crippen molar-refractivity contribution in [1.29, 1.82) is 0 Å². The predicted octanol–water partition coefficient (Wildman–Crippen LogP) is 1.85. The molecule has 81 heavy (non-hydrogen) atoms. The number of nitrogens with zero attached hydrogens (tertiary/aromatic N) is 7. The van der Waals surface area contributed by atoms with Crippen molar-refractivity contribution >= 4 is 65.0 Å². The monoisotopic (exact) mass is 1150 g/mol. The molecule has 0 spiro atoms. The molecule has 23 nitrogen and oxygen atoms in total. The fourth-order valence-electron chi connectivity index (χ4n) is 10.1. The van der Waals surface area contributed by atoms with Gasteiger partial charge < -0.3 is 60.7 Å². The molecule has 1 fully saturated rings. The molecule has 1 aliphatic heterocycles. The minimum absolute atomic E-state index is 0.0244. The van der Waals surface area contributed by atoms with E-state index in [4.69, 9.17) is 0 Å². The van der Waals surface area contributed by atoms with E-state index in [-0.39, 0.29) is 31.1 Å². The van der Waals surface area contributed by atoms with E-state index in [1.165, 1.54) is 82.8 Å². The molecule has 1 aliphatic rings. The molecule has 0 radical (unpaired) electrons. The molecule has 0 bridgehead atoms. The highest BCUT2D eigenvalue weighted by molar-refractivity contribution is 5.99. The van der Waals surface area contributed by atoms with Gasteiger partial charge in [0.2, 0.25) is 65.0 Å². The van der Waals surface area contributed by atoms with Gasteiger partial charge in [-0.15, -0.1) is 0 Å². The second-order valence-electron chi connectivity index (χ2n) is 23.9. The molecule has 5 N–H and O–H groups in total. The smallest absolute Gasteiger partial charge is 0.246 e. The number of carbonyl (C=O) groups is 11. The van der Waals surface area contributed by atoms with Crippen LogP contribution in [0.1, 0.15) is 136 Å². The van der Waals surface area contributed by atoms with Gasteiger partial charge in [0, 0.05) is 49.3 Å². The second kappa shape index (κ2) is 33.1. The Hall–Kier alpha value is -6.13. The highest BCUT2D eigenvalue weighted by Crippen LogP contribution is 2.25. The van der Waals surface area contributed by atoms with E-state index < -0.39 is 162 Å². The Balaban J connectivity index is 4.21. The lowest BCUT2D eigenvalue weighted by atomic mass is 9.91. The predicted molar refractivity (Wildman–Crippen MR) is 310 cm³/mol. The minimum Gasteiger partial charge on any atom is -0.390 e. The first-order valence-electron chi connectivity index (χ1n) is 28.8. The zero-order valence-electron chi connectivity index (χ0n) is 52.9. The number of aliphatic hydroxyl groups is 1. The fraction of sp³-hybridized carbons (Fsp3) is 0.776. The third kappa shape index (κ3) is 20.1. The maximum Gasteiger partial charge on any atom is 0.246 e. The standard InChI is InChI=1S/C58H103N11O12/c1-23-26-27-37(13)49(72)48-52(75)61-40(25-3)54(77)64(17)31-44(71)67(20)47(36(12)24-2)51(74)62-45(34(8)9)57(80)63(16)30-43(70)59-38(14)50(73)60-39(15)53(76)65(18)41(28-32(4)5)55(78)66(19)42(29-33(6)7)56(79)68(21)46(35(10)11)58(81)69(48)22/h23,26,32-42,45-49,72H,24-25,27-31H2,1-22H3,(H,59,70)(H,60,73)(H,61,75)(H,62,74)/b26-23+/t36?,37-,38+,39-,40+,41+,42-,45+,46+,47?,48+,49-/m1/s1. The van der Waals surface area contributed by atoms with Crippen LogP contribution in [0.15, 0.2) is 12.2 Å². The van der Waals surface area contributed by atoms with Crippen LogP contribution in [0, 0.1) is 35.5 Å². The summed E-state index contributed by atoms with van der Waals surface area (Å²) in [6.45, 7) is 24.8. The van der Waals surface area contributed by atoms with Gasteiger partial charge in [-0.05, 0) is 82.0 Å². The molecule has 462 valence electrons. The number of allylic oxidation sites excluding steroid dienone is 2. The van der Waals surface area contributed by atoms with E-state index in [0.29, 0.717) is 12.8 Å². The molecule has 0 aromatic rings. The van der Waals surface area contributed by atoms with Crippen LogP contribution in [0.25, 0.3) is 0 Å². The molecule has 1 saturated heterocycles. The lowest BCUT2D eigenvalue weighted by Crippen LogP contribution is -2.63. The Morgan fingerprint density at radius 3 is 1.47 bits per heavy atom. The van der Waals surface area contributed by atoms with Crippen LogP contribution in [0.5, 0.6) is 0 Å². The van der Waals surface area contributed by atoms with Gasteiger partial charge in [0.25, 0.3) is 0 Å². The van der Waals surface area contributed by atoms with Crippen molar-refractivity contribution in [3.63, 3.8) is 0 Å². The normalized spacial score (nSPS) is 27.0. The number of hydrogen-bond donors (Lipinski definition) is 5. The van der Waals surface area contributed by atoms with Crippen LogP contribution in [0.2, 0.25) is 0 Å². The van der Waals surface area contributed by atoms with E-state index in [0.717, 1.165) is 14.7 Å². The number of likely N-dealkylation sites (N-methyl/N-ethyl adjacent to an activating group) is 7. The van der Waals surface area contributed by atoms with Crippen molar-refractivity contribution in [2.24, 2.45) is 35.5 Å². The van der Waals surface area contributed by atoms with Gasteiger partial charge in [-0.2, -0.15) is 0 Å². The number of hydrogen-bond acceptors (Lipinski definition) is 12. The van der Waals surface area contributed by atoms with Crippen molar-refractivity contribution in [3.05, 3.63) is 12.2 Å². The minimum atomic E-state index is -1.61. The van der Waals surface area contributed by atoms with Crippen molar-refractivity contribution in [3.8, 4) is 0 Å². The summed E-state index contributed by atoms with van der Waals surface area (Å²) in [5.41, 5.74) is 0. The molecular formula is C58H103N11O12. The summed E-state index contributed by atoms with van der Waals surface area (Å²) in [7, 11) is 9.80. The zero-order chi connectivity index (χ0) is 62.8. The topological polar surface area (TPSA) is 279 Å². The summed E-state index contributed by atoms with van der Waals surface area (Å²) in [6.07, 6.45) is 3.16. The molecule has 0 saturated carbocycles. The number of amides is 11. The van der Waals surface area contributed by atoms with Gasteiger partial charge in [-0.25, -0.2) is 0 Å². The van der Waals surface area contributed by atoms with Gasteiger partial charge >= 0.3 is 0 Å².